The summed E-state index contributed by atoms with van der Waals surface area (Å²) in [6.07, 6.45) is 1.77. The van der Waals surface area contributed by atoms with Gasteiger partial charge >= 0.3 is 0 Å². The molecule has 1 amide bonds. The molecule has 0 fully saturated rings. The molecule has 0 saturated heterocycles. The number of hydrogen-bond acceptors (Lipinski definition) is 4. The summed E-state index contributed by atoms with van der Waals surface area (Å²) in [5.41, 5.74) is 3.19. The minimum Gasteiger partial charge on any atom is -0.489 e. The Morgan fingerprint density at radius 1 is 1.33 bits per heavy atom. The van der Waals surface area contributed by atoms with Gasteiger partial charge in [0.15, 0.2) is 0 Å². The fourth-order valence-corrected chi connectivity index (χ4v) is 3.98. The summed E-state index contributed by atoms with van der Waals surface area (Å²) >= 11 is 4.95. The summed E-state index contributed by atoms with van der Waals surface area (Å²) in [4.78, 5) is 15.2. The average Bonchev–Trinajstić information content (AvgIpc) is 3.28. The van der Waals surface area contributed by atoms with Crippen LogP contribution in [0, 0.1) is 6.92 Å². The molecule has 1 aromatic carbocycles. The normalized spacial score (nSPS) is 10.8. The van der Waals surface area contributed by atoms with Gasteiger partial charge in [0.05, 0.1) is 27.8 Å². The molecule has 0 radical (unpaired) electrons. The van der Waals surface area contributed by atoms with E-state index in [1.807, 2.05) is 61.3 Å². The number of amides is 1. The summed E-state index contributed by atoms with van der Waals surface area (Å²) < 4.78 is 8.61. The molecule has 0 saturated carbocycles. The SMILES string of the molecule is CCn1ncc(Br)c1CN(C)C(=O)c1cc(COc2ccc(C)cc2)cs1. The highest BCUT2D eigenvalue weighted by atomic mass is 79.9. The molecule has 142 valence electrons. The van der Waals surface area contributed by atoms with E-state index < -0.39 is 0 Å². The van der Waals surface area contributed by atoms with Crippen molar-refractivity contribution in [2.45, 2.75) is 33.5 Å². The predicted molar refractivity (Wildman–Crippen MR) is 111 cm³/mol. The van der Waals surface area contributed by atoms with E-state index in [1.165, 1.54) is 16.9 Å². The second kappa shape index (κ2) is 8.71. The van der Waals surface area contributed by atoms with Crippen molar-refractivity contribution in [3.8, 4) is 5.75 Å². The number of rotatable bonds is 7. The third-order valence-electron chi connectivity index (χ3n) is 4.22. The minimum absolute atomic E-state index is 0.00246. The van der Waals surface area contributed by atoms with E-state index in [0.29, 0.717) is 18.0 Å². The molecule has 0 aliphatic heterocycles. The van der Waals surface area contributed by atoms with Crippen molar-refractivity contribution in [2.75, 3.05) is 7.05 Å². The maximum atomic E-state index is 12.8. The molecule has 3 rings (SSSR count). The highest BCUT2D eigenvalue weighted by Crippen LogP contribution is 2.22. The zero-order valence-electron chi connectivity index (χ0n) is 15.6. The first-order chi connectivity index (χ1) is 13.0. The number of benzene rings is 1. The van der Waals surface area contributed by atoms with Crippen LogP contribution in [0.15, 0.2) is 46.4 Å². The van der Waals surface area contributed by atoms with E-state index in [9.17, 15) is 4.79 Å². The van der Waals surface area contributed by atoms with E-state index in [0.717, 1.165) is 28.0 Å². The van der Waals surface area contributed by atoms with Gasteiger partial charge in [-0.2, -0.15) is 5.10 Å². The van der Waals surface area contributed by atoms with Crippen LogP contribution in [0.4, 0.5) is 0 Å². The van der Waals surface area contributed by atoms with Gasteiger partial charge in [0.2, 0.25) is 0 Å². The Morgan fingerprint density at radius 2 is 2.07 bits per heavy atom. The Labute approximate surface area is 171 Å². The van der Waals surface area contributed by atoms with Crippen molar-refractivity contribution >= 4 is 33.2 Å². The second-order valence-corrected chi connectivity index (χ2v) is 8.10. The van der Waals surface area contributed by atoms with Crippen molar-refractivity contribution in [3.63, 3.8) is 0 Å². The number of thiophene rings is 1. The van der Waals surface area contributed by atoms with E-state index >= 15 is 0 Å². The zero-order chi connectivity index (χ0) is 19.4. The molecule has 0 N–H and O–H groups in total. The maximum Gasteiger partial charge on any atom is 0.264 e. The zero-order valence-corrected chi connectivity index (χ0v) is 18.0. The third kappa shape index (κ3) is 4.78. The van der Waals surface area contributed by atoms with Crippen LogP contribution in [-0.2, 0) is 19.7 Å². The molecule has 0 aliphatic rings. The number of halogens is 1. The summed E-state index contributed by atoms with van der Waals surface area (Å²) in [7, 11) is 1.81. The van der Waals surface area contributed by atoms with Gasteiger partial charge in [-0.1, -0.05) is 17.7 Å². The lowest BCUT2D eigenvalue weighted by Gasteiger charge is -2.17. The van der Waals surface area contributed by atoms with Gasteiger partial charge < -0.3 is 9.64 Å². The second-order valence-electron chi connectivity index (χ2n) is 6.34. The number of hydrogen-bond donors (Lipinski definition) is 0. The fourth-order valence-electron chi connectivity index (χ4n) is 2.67. The molecular weight excluding hydrogens is 426 g/mol. The number of aromatic nitrogens is 2. The fraction of sp³-hybridized carbons (Fsp3) is 0.300. The van der Waals surface area contributed by atoms with Crippen molar-refractivity contribution in [1.82, 2.24) is 14.7 Å². The molecule has 0 spiro atoms. The number of carbonyl (C=O) groups is 1. The standard InChI is InChI=1S/C20H22BrN3O2S/c1-4-24-18(17(21)10-22-24)11-23(3)20(25)19-9-15(13-27-19)12-26-16-7-5-14(2)6-8-16/h5-10,13H,4,11-12H2,1-3H3. The molecule has 2 heterocycles. The van der Waals surface area contributed by atoms with Gasteiger partial charge in [0, 0.05) is 19.2 Å². The van der Waals surface area contributed by atoms with Gasteiger partial charge in [0.25, 0.3) is 5.91 Å². The Balaban J connectivity index is 1.62. The highest BCUT2D eigenvalue weighted by molar-refractivity contribution is 9.10. The third-order valence-corrected chi connectivity index (χ3v) is 5.85. The average molecular weight is 448 g/mol. The van der Waals surface area contributed by atoms with E-state index in [2.05, 4.69) is 21.0 Å². The van der Waals surface area contributed by atoms with Crippen LogP contribution in [0.1, 0.15) is 33.4 Å². The van der Waals surface area contributed by atoms with Crippen LogP contribution in [0.3, 0.4) is 0 Å². The molecule has 5 nitrogen and oxygen atoms in total. The molecule has 3 aromatic rings. The smallest absolute Gasteiger partial charge is 0.264 e. The molecule has 0 aliphatic carbocycles. The Kier molecular flexibility index (Phi) is 6.34. The van der Waals surface area contributed by atoms with Gasteiger partial charge in [0.1, 0.15) is 12.4 Å². The van der Waals surface area contributed by atoms with Crippen LogP contribution in [0.5, 0.6) is 5.75 Å². The summed E-state index contributed by atoms with van der Waals surface area (Å²) in [5.74, 6) is 0.826. The Bertz CT molecular complexity index is 918. The Hall–Kier alpha value is -2.12. The largest absolute Gasteiger partial charge is 0.489 e. The van der Waals surface area contributed by atoms with E-state index in [-0.39, 0.29) is 5.91 Å². The van der Waals surface area contributed by atoms with E-state index in [1.54, 1.807) is 11.1 Å². The van der Waals surface area contributed by atoms with Gasteiger partial charge in [-0.3, -0.25) is 9.48 Å². The molecule has 2 aromatic heterocycles. The lowest BCUT2D eigenvalue weighted by atomic mass is 10.2. The Morgan fingerprint density at radius 3 is 2.78 bits per heavy atom. The summed E-state index contributed by atoms with van der Waals surface area (Å²) in [6.45, 7) is 5.79. The lowest BCUT2D eigenvalue weighted by molar-refractivity contribution is 0.0786. The van der Waals surface area contributed by atoms with Crippen molar-refractivity contribution in [2.24, 2.45) is 0 Å². The minimum atomic E-state index is -0.00246. The molecule has 0 bridgehead atoms. The van der Waals surface area contributed by atoms with Crippen LogP contribution in [0.2, 0.25) is 0 Å². The monoisotopic (exact) mass is 447 g/mol. The maximum absolute atomic E-state index is 12.8. The number of nitrogens with zero attached hydrogens (tertiary/aromatic N) is 3. The topological polar surface area (TPSA) is 47.4 Å². The molecule has 27 heavy (non-hydrogen) atoms. The molecule has 7 heteroatoms. The molecule has 0 unspecified atom stereocenters. The molecular formula is C20H22BrN3O2S. The number of aryl methyl sites for hydroxylation is 2. The summed E-state index contributed by atoms with van der Waals surface area (Å²) in [6, 6.07) is 9.86. The highest BCUT2D eigenvalue weighted by Gasteiger charge is 2.18. The number of ether oxygens (including phenoxy) is 1. The van der Waals surface area contributed by atoms with Crippen LogP contribution >= 0.6 is 27.3 Å². The first-order valence-electron chi connectivity index (χ1n) is 8.70. The van der Waals surface area contributed by atoms with Crippen molar-refractivity contribution < 1.29 is 9.53 Å². The van der Waals surface area contributed by atoms with Crippen LogP contribution < -0.4 is 4.74 Å². The van der Waals surface area contributed by atoms with Crippen molar-refractivity contribution in [1.29, 1.82) is 0 Å². The quantitative estimate of drug-likeness (QED) is 0.517. The first kappa shape index (κ1) is 19.6. The number of carbonyl (C=O) groups excluding carboxylic acids is 1. The van der Waals surface area contributed by atoms with Crippen molar-refractivity contribution in [3.05, 3.63) is 68.1 Å². The van der Waals surface area contributed by atoms with Gasteiger partial charge in [-0.05, 0) is 53.4 Å². The van der Waals surface area contributed by atoms with Crippen LogP contribution in [-0.4, -0.2) is 27.6 Å². The lowest BCUT2D eigenvalue weighted by Crippen LogP contribution is -2.27. The predicted octanol–water partition coefficient (Wildman–Crippen LogP) is 4.89. The van der Waals surface area contributed by atoms with Gasteiger partial charge in [-0.15, -0.1) is 11.3 Å². The summed E-state index contributed by atoms with van der Waals surface area (Å²) in [5, 5.41) is 6.27. The first-order valence-corrected chi connectivity index (χ1v) is 10.4. The van der Waals surface area contributed by atoms with Gasteiger partial charge in [-0.25, -0.2) is 0 Å². The molecule has 0 atom stereocenters. The van der Waals surface area contributed by atoms with E-state index in [4.69, 9.17) is 4.74 Å². The van der Waals surface area contributed by atoms with Crippen LogP contribution in [0.25, 0.3) is 0 Å².